The number of carbonyl (C=O) groups is 1. The summed E-state index contributed by atoms with van der Waals surface area (Å²) in [6.45, 7) is 7.51. The quantitative estimate of drug-likeness (QED) is 0.611. The Hall–Kier alpha value is -2.21. The van der Waals surface area contributed by atoms with E-state index in [1.54, 1.807) is 4.90 Å². The number of quaternary nitrogens is 2. The van der Waals surface area contributed by atoms with Crippen LogP contribution in [-0.4, -0.2) is 38.1 Å². The molecule has 1 atom stereocenters. The van der Waals surface area contributed by atoms with Crippen LogP contribution in [0.5, 0.6) is 0 Å². The number of benzene rings is 2. The molecule has 0 spiro atoms. The van der Waals surface area contributed by atoms with E-state index in [9.17, 15) is 4.79 Å². The number of hydrogen-bond donors (Lipinski definition) is 3. The van der Waals surface area contributed by atoms with Crippen molar-refractivity contribution >= 4 is 33.7 Å². The number of rotatable bonds is 5. The van der Waals surface area contributed by atoms with Crippen molar-refractivity contribution in [1.29, 1.82) is 0 Å². The summed E-state index contributed by atoms with van der Waals surface area (Å²) in [6.07, 6.45) is 0. The van der Waals surface area contributed by atoms with Gasteiger partial charge in [-0.3, -0.25) is 4.79 Å². The number of nitrogens with one attached hydrogen (secondary N) is 3. The van der Waals surface area contributed by atoms with Crippen molar-refractivity contribution in [2.45, 2.75) is 19.5 Å². The molecule has 0 unspecified atom stereocenters. The van der Waals surface area contributed by atoms with Gasteiger partial charge in [0.15, 0.2) is 6.04 Å². The van der Waals surface area contributed by atoms with Gasteiger partial charge in [-0.05, 0) is 29.8 Å². The fourth-order valence-corrected chi connectivity index (χ4v) is 4.73. The highest BCUT2D eigenvalue weighted by Crippen LogP contribution is 2.22. The molecule has 1 fully saturated rings. The maximum atomic E-state index is 12.9. The number of piperazine rings is 1. The summed E-state index contributed by atoms with van der Waals surface area (Å²) >= 11 is 1.84. The molecule has 0 radical (unpaired) electrons. The second kappa shape index (κ2) is 8.21. The Labute approximate surface area is 164 Å². The lowest BCUT2D eigenvalue weighted by Gasteiger charge is -2.32. The van der Waals surface area contributed by atoms with Gasteiger partial charge in [-0.1, -0.05) is 42.5 Å². The van der Waals surface area contributed by atoms with Crippen LogP contribution in [0.4, 0.5) is 5.69 Å². The van der Waals surface area contributed by atoms with Crippen LogP contribution in [0, 0.1) is 0 Å². The van der Waals surface area contributed by atoms with Crippen molar-refractivity contribution in [3.8, 4) is 0 Å². The first-order valence-corrected chi connectivity index (χ1v) is 10.6. The Bertz CT molecular complexity index is 896. The minimum absolute atomic E-state index is 0.0349. The van der Waals surface area contributed by atoms with E-state index in [1.165, 1.54) is 9.78 Å². The molecule has 2 heterocycles. The molecule has 27 heavy (non-hydrogen) atoms. The predicted molar refractivity (Wildman–Crippen MR) is 111 cm³/mol. The van der Waals surface area contributed by atoms with E-state index in [0.717, 1.165) is 49.2 Å². The van der Waals surface area contributed by atoms with Gasteiger partial charge in [0.25, 0.3) is 5.91 Å². The van der Waals surface area contributed by atoms with Crippen molar-refractivity contribution in [1.82, 2.24) is 0 Å². The summed E-state index contributed by atoms with van der Waals surface area (Å²) in [6, 6.07) is 18.6. The van der Waals surface area contributed by atoms with Gasteiger partial charge in [0.1, 0.15) is 32.7 Å². The first kappa shape index (κ1) is 18.2. The second-order valence-corrected chi connectivity index (χ2v) is 8.43. The van der Waals surface area contributed by atoms with Gasteiger partial charge in [-0.2, -0.15) is 0 Å². The van der Waals surface area contributed by atoms with Gasteiger partial charge in [0.2, 0.25) is 0 Å². The van der Waals surface area contributed by atoms with Crippen LogP contribution in [0.25, 0.3) is 10.8 Å². The van der Waals surface area contributed by atoms with Gasteiger partial charge in [-0.25, -0.2) is 0 Å². The molecule has 1 aromatic heterocycles. The first-order valence-electron chi connectivity index (χ1n) is 9.70. The van der Waals surface area contributed by atoms with Gasteiger partial charge in [0, 0.05) is 11.1 Å². The normalized spacial score (nSPS) is 21.1. The van der Waals surface area contributed by atoms with E-state index in [4.69, 9.17) is 0 Å². The maximum absolute atomic E-state index is 12.9. The minimum Gasteiger partial charge on any atom is -0.321 e. The van der Waals surface area contributed by atoms with E-state index in [0.29, 0.717) is 0 Å². The Morgan fingerprint density at radius 1 is 1.04 bits per heavy atom. The molecule has 0 bridgehead atoms. The van der Waals surface area contributed by atoms with Crippen molar-refractivity contribution in [3.63, 3.8) is 0 Å². The zero-order valence-corrected chi connectivity index (χ0v) is 16.5. The monoisotopic (exact) mass is 381 g/mol. The first-order chi connectivity index (χ1) is 13.2. The lowest BCUT2D eigenvalue weighted by atomic mass is 10.1. The number of fused-ring (bicyclic) bond motifs is 1. The minimum atomic E-state index is -0.0349. The Morgan fingerprint density at radius 3 is 2.59 bits per heavy atom. The molecule has 4 rings (SSSR count). The molecule has 1 amide bonds. The third-order valence-corrected chi connectivity index (χ3v) is 6.53. The van der Waals surface area contributed by atoms with Crippen molar-refractivity contribution < 1.29 is 14.6 Å². The van der Waals surface area contributed by atoms with Crippen LogP contribution in [0.15, 0.2) is 60.0 Å². The highest BCUT2D eigenvalue weighted by Gasteiger charge is 2.31. The lowest BCUT2D eigenvalue weighted by molar-refractivity contribution is -1.02. The third kappa shape index (κ3) is 4.21. The average Bonchev–Trinajstić information content (AvgIpc) is 3.21. The summed E-state index contributed by atoms with van der Waals surface area (Å²) in [5, 5.41) is 7.57. The van der Waals surface area contributed by atoms with Gasteiger partial charge >= 0.3 is 0 Å². The topological polar surface area (TPSA) is 38.0 Å². The number of carbonyl (C=O) groups excluding carboxylic acids is 1. The second-order valence-electron chi connectivity index (χ2n) is 7.40. The van der Waals surface area contributed by atoms with E-state index >= 15 is 0 Å². The van der Waals surface area contributed by atoms with Gasteiger partial charge in [-0.15, -0.1) is 11.3 Å². The lowest BCUT2D eigenvalue weighted by Crippen LogP contribution is -3.29. The predicted octanol–water partition coefficient (Wildman–Crippen LogP) is 1.21. The average molecular weight is 382 g/mol. The SMILES string of the molecule is C[C@@H](C(=O)Nc1cccc2ccccc12)[NH+]1CC[NH+](Cc2cccs2)CC1. The van der Waals surface area contributed by atoms with Gasteiger partial charge in [0.05, 0.1) is 4.88 Å². The summed E-state index contributed by atoms with van der Waals surface area (Å²) in [5.41, 5.74) is 0.909. The molecule has 140 valence electrons. The summed E-state index contributed by atoms with van der Waals surface area (Å²) < 4.78 is 0. The zero-order valence-electron chi connectivity index (χ0n) is 15.7. The highest BCUT2D eigenvalue weighted by molar-refractivity contribution is 7.09. The van der Waals surface area contributed by atoms with E-state index in [-0.39, 0.29) is 11.9 Å². The Balaban J connectivity index is 1.35. The van der Waals surface area contributed by atoms with Crippen LogP contribution in [0.1, 0.15) is 11.8 Å². The zero-order chi connectivity index (χ0) is 18.6. The molecular weight excluding hydrogens is 354 g/mol. The summed E-state index contributed by atoms with van der Waals surface area (Å²) in [4.78, 5) is 17.3. The molecule has 4 nitrogen and oxygen atoms in total. The van der Waals surface area contributed by atoms with Crippen molar-refractivity contribution in [2.24, 2.45) is 0 Å². The van der Waals surface area contributed by atoms with Crippen molar-refractivity contribution in [3.05, 3.63) is 64.9 Å². The van der Waals surface area contributed by atoms with Crippen molar-refractivity contribution in [2.75, 3.05) is 31.5 Å². The molecule has 3 N–H and O–H groups in total. The molecular formula is C22H27N3OS+2. The number of anilines is 1. The molecule has 1 saturated heterocycles. The van der Waals surface area contributed by atoms with Crippen LogP contribution in [0.2, 0.25) is 0 Å². The summed E-state index contributed by atoms with van der Waals surface area (Å²) in [5.74, 6) is 0.114. The molecule has 5 heteroatoms. The molecule has 0 saturated carbocycles. The van der Waals surface area contributed by atoms with E-state index < -0.39 is 0 Å². The number of hydrogen-bond acceptors (Lipinski definition) is 2. The largest absolute Gasteiger partial charge is 0.321 e. The standard InChI is InChI=1S/C22H25N3OS/c1-17(25-13-11-24(12-14-25)16-19-8-5-15-27-19)22(26)23-21-10-4-7-18-6-2-3-9-20(18)21/h2-10,15,17H,11-14,16H2,1H3,(H,23,26)/p+2/t17-/m0/s1. The fraction of sp³-hybridized carbons (Fsp3) is 0.318. The highest BCUT2D eigenvalue weighted by atomic mass is 32.1. The van der Waals surface area contributed by atoms with Crippen LogP contribution >= 0.6 is 11.3 Å². The molecule has 2 aromatic carbocycles. The molecule has 1 aliphatic rings. The smallest absolute Gasteiger partial charge is 0.282 e. The third-order valence-electron chi connectivity index (χ3n) is 5.66. The molecule has 1 aliphatic heterocycles. The van der Waals surface area contributed by atoms with Gasteiger partial charge < -0.3 is 15.1 Å². The Morgan fingerprint density at radius 2 is 1.81 bits per heavy atom. The van der Waals surface area contributed by atoms with Crippen LogP contribution in [0.3, 0.4) is 0 Å². The van der Waals surface area contributed by atoms with E-state index in [1.807, 2.05) is 35.6 Å². The Kier molecular flexibility index (Phi) is 5.53. The van der Waals surface area contributed by atoms with Crippen LogP contribution in [-0.2, 0) is 11.3 Å². The summed E-state index contributed by atoms with van der Waals surface area (Å²) in [7, 11) is 0. The fourth-order valence-electron chi connectivity index (χ4n) is 3.95. The number of thiophene rings is 1. The molecule has 3 aromatic rings. The van der Waals surface area contributed by atoms with Crippen LogP contribution < -0.4 is 15.1 Å². The number of amides is 1. The van der Waals surface area contributed by atoms with E-state index in [2.05, 4.69) is 48.0 Å². The molecule has 0 aliphatic carbocycles. The maximum Gasteiger partial charge on any atom is 0.282 e.